The largest absolute Gasteiger partial charge is 2.00 e. The number of hydrogen-bond acceptors (Lipinski definition) is 4. The molecule has 1 amide bonds. The fourth-order valence-electron chi connectivity index (χ4n) is 4.87. The van der Waals surface area contributed by atoms with Gasteiger partial charge in [-0.1, -0.05) is 0 Å². The third-order valence-corrected chi connectivity index (χ3v) is 14.2. The van der Waals surface area contributed by atoms with Crippen LogP contribution in [0.15, 0.2) is 46.0 Å². The molecule has 2 heterocycles. The van der Waals surface area contributed by atoms with Gasteiger partial charge in [0.15, 0.2) is 0 Å². The van der Waals surface area contributed by atoms with Crippen LogP contribution in [-0.4, -0.2) is 77.0 Å². The number of methoxy groups -OCH3 is 1. The van der Waals surface area contributed by atoms with Crippen molar-refractivity contribution in [3.8, 4) is 5.75 Å². The number of rotatable bonds is 13. The summed E-state index contributed by atoms with van der Waals surface area (Å²) in [5.74, 6) is 0.876. The number of fused-ring (bicyclic) bond motifs is 2. The Hall–Kier alpha value is 0.172. The van der Waals surface area contributed by atoms with Gasteiger partial charge in [0.1, 0.15) is 0 Å². The van der Waals surface area contributed by atoms with Crippen LogP contribution in [0.2, 0.25) is 5.02 Å². The van der Waals surface area contributed by atoms with Gasteiger partial charge in [0.2, 0.25) is 0 Å². The number of carbonyl (C=O) groups excluding carboxylic acids is 1. The molecular formula is C30H40ClI2N2O3U-. The van der Waals surface area contributed by atoms with Gasteiger partial charge in [-0.3, -0.25) is 0 Å². The molecule has 9 heteroatoms. The molecular weight excluding hydrogens is 964 g/mol. The zero-order valence-electron chi connectivity index (χ0n) is 23.4. The number of amides is 1. The molecule has 0 saturated carbocycles. The minimum Gasteiger partial charge on any atom is -0.346 e. The van der Waals surface area contributed by atoms with Gasteiger partial charge in [-0.15, -0.1) is 0 Å². The Morgan fingerprint density at radius 1 is 1.15 bits per heavy atom. The maximum atomic E-state index is 11.9. The van der Waals surface area contributed by atoms with Crippen LogP contribution >= 0.6 is 31.4 Å². The second-order valence-corrected chi connectivity index (χ2v) is 17.0. The Morgan fingerprint density at radius 2 is 1.90 bits per heavy atom. The van der Waals surface area contributed by atoms with Gasteiger partial charge >= 0.3 is 271 Å². The summed E-state index contributed by atoms with van der Waals surface area (Å²) >= 11 is 5.06. The standard InChI is InChI=1S/C28H35ClI2N2O3.C2H5.U/c1-30-12-15-32(16-18-35-3)13-4-17-36-23-8-5-21(6-9-23)28-27-24(11-14-33(28)20-34)25-19-22(29)7-10-26(25)31(27)2;1-2;/h5-10,19,28H,4,11-18H2,1-3H3;1H2,2H3;/q-2;-1;+2. The van der Waals surface area contributed by atoms with Crippen LogP contribution in [-0.2, 0) is 9.53 Å². The topological polar surface area (TPSA) is 42.0 Å². The minimum atomic E-state index is -1.60. The smallest absolute Gasteiger partial charge is 0.346 e. The quantitative estimate of drug-likeness (QED) is 0.134. The van der Waals surface area contributed by atoms with E-state index in [1.807, 2.05) is 23.1 Å². The molecule has 0 aromatic heterocycles. The fourth-order valence-corrected chi connectivity index (χ4v) is 12.0. The molecule has 0 N–H and O–H groups in total. The molecule has 0 fully saturated rings. The maximum absolute atomic E-state index is 11.9. The third kappa shape index (κ3) is 9.33. The van der Waals surface area contributed by atoms with Crippen molar-refractivity contribution in [3.05, 3.63) is 72.7 Å². The Balaban J connectivity index is 0.00000174. The molecule has 2 aliphatic heterocycles. The predicted molar refractivity (Wildman–Crippen MR) is 163 cm³/mol. The molecule has 5 nitrogen and oxygen atoms in total. The summed E-state index contributed by atoms with van der Waals surface area (Å²) in [5.41, 5.74) is 3.84. The first-order valence-corrected chi connectivity index (χ1v) is 21.3. The molecule has 1 unspecified atom stereocenters. The van der Waals surface area contributed by atoms with Gasteiger partial charge < -0.3 is 6.92 Å². The zero-order valence-corrected chi connectivity index (χ0v) is 32.7. The van der Waals surface area contributed by atoms with Crippen LogP contribution in [0.4, 0.5) is 0 Å². The molecule has 0 radical (unpaired) electrons. The van der Waals surface area contributed by atoms with E-state index in [-0.39, 0.29) is 37.2 Å². The Labute approximate surface area is 281 Å². The maximum Gasteiger partial charge on any atom is 2.00 e. The Bertz CT molecular complexity index is 1060. The number of hydrogen-bond donors (Lipinski definition) is 0. The van der Waals surface area contributed by atoms with Gasteiger partial charge in [-0.2, -0.15) is 6.92 Å². The summed E-state index contributed by atoms with van der Waals surface area (Å²) in [6.45, 7) is 10.3. The Morgan fingerprint density at radius 3 is 2.56 bits per heavy atom. The van der Waals surface area contributed by atoms with Gasteiger partial charge in [-0.05, 0) is 0 Å². The van der Waals surface area contributed by atoms with E-state index < -0.39 is 19.8 Å². The summed E-state index contributed by atoms with van der Waals surface area (Å²) in [4.78, 5) is 21.0. The third-order valence-electron chi connectivity index (χ3n) is 6.71. The van der Waals surface area contributed by atoms with E-state index in [9.17, 15) is 4.79 Å². The summed E-state index contributed by atoms with van der Waals surface area (Å²) in [6.07, 6.45) is 4.09. The predicted octanol–water partition coefficient (Wildman–Crippen LogP) is 3.16. The molecule has 1 atom stereocenters. The SMILES string of the molecule is COCCN(CCCOc1ccc(C2C3=C(CCN2[C-]=O)c2cc(Cl)ccc2I3C)cc1)CC[I-]C.[CH2-]C.[U+2]. The van der Waals surface area contributed by atoms with Crippen molar-refractivity contribution >= 4 is 43.4 Å². The van der Waals surface area contributed by atoms with Gasteiger partial charge in [0.05, 0.1) is 0 Å². The van der Waals surface area contributed by atoms with Gasteiger partial charge in [-0.25, -0.2) is 0 Å². The Kier molecular flexibility index (Phi) is 16.9. The average Bonchev–Trinajstić information content (AvgIpc) is 3.23. The van der Waals surface area contributed by atoms with Crippen molar-refractivity contribution in [2.45, 2.75) is 25.8 Å². The fraction of sp³-hybridized carbons (Fsp3) is 0.467. The molecule has 0 bridgehead atoms. The number of benzene rings is 2. The van der Waals surface area contributed by atoms with Crippen molar-refractivity contribution in [2.24, 2.45) is 0 Å². The van der Waals surface area contributed by atoms with E-state index in [0.29, 0.717) is 34.4 Å². The normalized spacial score (nSPS) is 16.8. The van der Waals surface area contributed by atoms with Crippen LogP contribution in [0.5, 0.6) is 5.75 Å². The molecule has 2 aromatic rings. The number of alkyl halides is 3. The summed E-state index contributed by atoms with van der Waals surface area (Å²) in [6, 6.07) is 14.6. The van der Waals surface area contributed by atoms with E-state index in [4.69, 9.17) is 21.1 Å². The van der Waals surface area contributed by atoms with E-state index in [1.165, 1.54) is 22.7 Å². The first-order valence-electron chi connectivity index (χ1n) is 12.9. The number of nitrogens with zero attached hydrogens (tertiary/aromatic N) is 2. The van der Waals surface area contributed by atoms with Crippen LogP contribution < -0.4 is 25.9 Å². The molecule has 2 aromatic carbocycles. The second-order valence-electron chi connectivity index (χ2n) is 8.92. The summed E-state index contributed by atoms with van der Waals surface area (Å²) < 4.78 is 15.6. The molecule has 214 valence electrons. The number of halogens is 3. The number of ether oxygens (including phenoxy) is 2. The van der Waals surface area contributed by atoms with E-state index in [2.05, 4.69) is 52.4 Å². The van der Waals surface area contributed by atoms with Gasteiger partial charge in [0, 0.05) is 0 Å². The second kappa shape index (κ2) is 18.7. The molecule has 2 aliphatic rings. The van der Waals surface area contributed by atoms with Crippen LogP contribution in [0.3, 0.4) is 0 Å². The van der Waals surface area contributed by atoms with Crippen molar-refractivity contribution < 1.29 is 66.6 Å². The van der Waals surface area contributed by atoms with Crippen LogP contribution in [0.25, 0.3) is 5.57 Å². The summed E-state index contributed by atoms with van der Waals surface area (Å²) in [5, 5.41) is 0.780. The average molecular weight is 1000 g/mol. The summed E-state index contributed by atoms with van der Waals surface area (Å²) in [7, 11) is 1.76. The first kappa shape index (κ1) is 35.4. The van der Waals surface area contributed by atoms with Crippen molar-refractivity contribution in [1.29, 1.82) is 0 Å². The molecule has 39 heavy (non-hydrogen) atoms. The molecule has 0 aliphatic carbocycles. The van der Waals surface area contributed by atoms with Crippen molar-refractivity contribution in [1.82, 2.24) is 9.80 Å². The molecule has 4 rings (SSSR count). The van der Waals surface area contributed by atoms with Crippen molar-refractivity contribution in [2.75, 3.05) is 60.8 Å². The molecule has 0 spiro atoms. The van der Waals surface area contributed by atoms with Crippen LogP contribution in [0, 0.1) is 41.6 Å². The van der Waals surface area contributed by atoms with Gasteiger partial charge in [0.25, 0.3) is 0 Å². The van der Waals surface area contributed by atoms with Crippen molar-refractivity contribution in [3.63, 3.8) is 0 Å². The first-order chi connectivity index (χ1) is 18.6. The van der Waals surface area contributed by atoms with E-state index in [1.54, 1.807) is 14.0 Å². The van der Waals surface area contributed by atoms with E-state index in [0.717, 1.165) is 55.4 Å². The molecule has 0 saturated heterocycles. The van der Waals surface area contributed by atoms with Crippen LogP contribution in [0.1, 0.15) is 36.9 Å². The minimum absolute atomic E-state index is 0. The van der Waals surface area contributed by atoms with E-state index >= 15 is 0 Å². The zero-order chi connectivity index (χ0) is 27.5. The monoisotopic (exact) mass is 1000 g/mol.